The number of hydrogen-bond donors (Lipinski definition) is 2. The van der Waals surface area contributed by atoms with Crippen molar-refractivity contribution in [2.24, 2.45) is 22.7 Å². The third kappa shape index (κ3) is 5.27. The Balaban J connectivity index is 1.48. The Morgan fingerprint density at radius 3 is 2.36 bits per heavy atom. The van der Waals surface area contributed by atoms with Crippen LogP contribution in [0.4, 0.5) is 13.2 Å². The summed E-state index contributed by atoms with van der Waals surface area (Å²) in [5.74, 6) is -0.822. The number of halogens is 4. The maximum atomic E-state index is 14.6. The van der Waals surface area contributed by atoms with E-state index in [4.69, 9.17) is 16.3 Å². The van der Waals surface area contributed by atoms with E-state index in [1.807, 2.05) is 0 Å². The smallest absolute Gasteiger partial charge is 0.433 e. The van der Waals surface area contributed by atoms with Crippen molar-refractivity contribution in [2.45, 2.75) is 83.7 Å². The highest BCUT2D eigenvalue weighted by Crippen LogP contribution is 2.67. The zero-order valence-corrected chi connectivity index (χ0v) is 24.9. The first kappa shape index (κ1) is 30.7. The van der Waals surface area contributed by atoms with Gasteiger partial charge < -0.3 is 19.8 Å². The van der Waals surface area contributed by atoms with Gasteiger partial charge in [-0.3, -0.25) is 14.3 Å². The number of carboxylic acid groups (broad SMARTS) is 1. The summed E-state index contributed by atoms with van der Waals surface area (Å²) in [6.07, 6.45) is -3.19. The molecule has 1 aromatic heterocycles. The number of aromatic nitrogens is 2. The van der Waals surface area contributed by atoms with Crippen LogP contribution in [0.25, 0.3) is 0 Å². The highest BCUT2D eigenvalue weighted by atomic mass is 35.5. The lowest BCUT2D eigenvalue weighted by Crippen LogP contribution is -2.43. The molecule has 3 fully saturated rings. The first-order valence-corrected chi connectivity index (χ1v) is 14.7. The number of nitrogens with zero attached hydrogens (tertiary/aromatic N) is 3. The first-order chi connectivity index (χ1) is 19.6. The van der Waals surface area contributed by atoms with Gasteiger partial charge in [-0.05, 0) is 74.8 Å². The van der Waals surface area contributed by atoms with E-state index < -0.39 is 46.9 Å². The number of hydrogen-bond acceptors (Lipinski definition) is 5. The third-order valence-electron chi connectivity index (χ3n) is 10.2. The van der Waals surface area contributed by atoms with Crippen LogP contribution in [-0.4, -0.2) is 56.5 Å². The molecule has 1 unspecified atom stereocenters. The molecular formula is C30H37ClF3N3O5. The molecule has 1 aromatic carbocycles. The molecule has 0 saturated heterocycles. The molecule has 230 valence electrons. The minimum atomic E-state index is -4.88. The molecule has 0 radical (unpaired) electrons. The van der Waals surface area contributed by atoms with Crippen LogP contribution in [0.5, 0.6) is 5.75 Å². The van der Waals surface area contributed by atoms with E-state index in [1.165, 1.54) is 12.0 Å². The molecule has 3 aliphatic carbocycles. The molecule has 12 heteroatoms. The fourth-order valence-electron chi connectivity index (χ4n) is 7.36. The number of rotatable bonds is 8. The second kappa shape index (κ2) is 10.7. The van der Waals surface area contributed by atoms with Gasteiger partial charge in [-0.1, -0.05) is 31.5 Å². The van der Waals surface area contributed by atoms with Crippen LogP contribution in [0.3, 0.4) is 0 Å². The van der Waals surface area contributed by atoms with Gasteiger partial charge in [0.25, 0.3) is 5.91 Å². The molecule has 0 bridgehead atoms. The summed E-state index contributed by atoms with van der Waals surface area (Å²) in [7, 11) is 1.42. The van der Waals surface area contributed by atoms with E-state index in [2.05, 4.69) is 18.9 Å². The van der Waals surface area contributed by atoms with E-state index in [0.717, 1.165) is 10.9 Å². The molecule has 0 spiro atoms. The first-order valence-electron chi connectivity index (χ1n) is 14.3. The fourth-order valence-corrected chi connectivity index (χ4v) is 7.65. The minimum absolute atomic E-state index is 0.114. The molecule has 2 N–H and O–H groups in total. The van der Waals surface area contributed by atoms with Crippen LogP contribution in [0, 0.1) is 22.7 Å². The summed E-state index contributed by atoms with van der Waals surface area (Å²) in [6, 6.07) is 3.80. The highest BCUT2D eigenvalue weighted by molar-refractivity contribution is 6.31. The van der Waals surface area contributed by atoms with Crippen molar-refractivity contribution in [1.82, 2.24) is 14.7 Å². The topological polar surface area (TPSA) is 105 Å². The number of carbonyl (C=O) groups is 2. The van der Waals surface area contributed by atoms with E-state index >= 15 is 0 Å². The molecule has 3 saturated carbocycles. The van der Waals surface area contributed by atoms with Crippen molar-refractivity contribution >= 4 is 23.5 Å². The molecule has 3 aliphatic rings. The maximum absolute atomic E-state index is 14.6. The van der Waals surface area contributed by atoms with Crippen molar-refractivity contribution in [2.75, 3.05) is 13.7 Å². The largest absolute Gasteiger partial charge is 0.496 e. The van der Waals surface area contributed by atoms with Gasteiger partial charge >= 0.3 is 12.1 Å². The van der Waals surface area contributed by atoms with Crippen molar-refractivity contribution in [3.63, 3.8) is 0 Å². The number of carboxylic acids is 1. The van der Waals surface area contributed by atoms with Gasteiger partial charge in [-0.15, -0.1) is 0 Å². The van der Waals surface area contributed by atoms with E-state index in [1.54, 1.807) is 25.1 Å². The summed E-state index contributed by atoms with van der Waals surface area (Å²) in [5, 5.41) is 25.1. The lowest BCUT2D eigenvalue weighted by molar-refractivity contribution is -0.152. The molecule has 8 nitrogen and oxygen atoms in total. The average molecular weight is 612 g/mol. The van der Waals surface area contributed by atoms with E-state index in [0.29, 0.717) is 30.4 Å². The summed E-state index contributed by atoms with van der Waals surface area (Å²) in [5.41, 5.74) is -2.35. The lowest BCUT2D eigenvalue weighted by Gasteiger charge is -2.35. The van der Waals surface area contributed by atoms with E-state index in [9.17, 15) is 33.0 Å². The van der Waals surface area contributed by atoms with Gasteiger partial charge in [0.05, 0.1) is 41.9 Å². The minimum Gasteiger partial charge on any atom is -0.496 e. The summed E-state index contributed by atoms with van der Waals surface area (Å²) < 4.78 is 50.1. The quantitative estimate of drug-likeness (QED) is 0.359. The number of aliphatic hydroxyl groups excluding tert-OH is 1. The van der Waals surface area contributed by atoms with Gasteiger partial charge in [0, 0.05) is 11.6 Å². The summed E-state index contributed by atoms with van der Waals surface area (Å²) in [4.78, 5) is 27.1. The lowest BCUT2D eigenvalue weighted by atomic mass is 9.74. The fraction of sp³-hybridized carbons (Fsp3) is 0.633. The second-order valence-corrected chi connectivity index (χ2v) is 13.3. The maximum Gasteiger partial charge on any atom is 0.433 e. The van der Waals surface area contributed by atoms with Crippen LogP contribution < -0.4 is 4.74 Å². The number of alkyl halides is 3. The molecule has 4 atom stereocenters. The molecule has 0 aliphatic heterocycles. The number of methoxy groups -OCH3 is 1. The molecule has 1 amide bonds. The summed E-state index contributed by atoms with van der Waals surface area (Å²) >= 11 is 6.38. The Bertz CT molecular complexity index is 1350. The van der Waals surface area contributed by atoms with Gasteiger partial charge in [0.2, 0.25) is 0 Å². The number of aliphatic hydroxyl groups is 1. The van der Waals surface area contributed by atoms with Crippen molar-refractivity contribution in [3.8, 4) is 5.75 Å². The SMILES string of the molecule is COc1cccc(Cl)c1[C@H](O)CN(C(=O)c1cnn(C2CCC(C)(C(=O)O)CC2)c1C(F)(F)F)C1C[C@@H]2[C@H](C1)C2(C)C. The van der Waals surface area contributed by atoms with Crippen LogP contribution in [0.15, 0.2) is 24.4 Å². The number of amides is 1. The monoisotopic (exact) mass is 611 g/mol. The molecule has 1 heterocycles. The molecule has 5 rings (SSSR count). The molecule has 42 heavy (non-hydrogen) atoms. The van der Waals surface area contributed by atoms with Crippen LogP contribution in [-0.2, 0) is 11.0 Å². The van der Waals surface area contributed by atoms with Crippen molar-refractivity contribution < 1.29 is 37.7 Å². The predicted molar refractivity (Wildman–Crippen MR) is 148 cm³/mol. The standard InChI is InChI=1S/C30H37ClF3N3O5/c1-28(2)19-12-17(13-20(19)28)36(15-22(38)24-21(31)6-5-7-23(24)42-4)26(39)18-14-35-37(25(18)30(32,33)34)16-8-10-29(3,11-9-16)27(40)41/h5-7,14,16-17,19-20,22,38H,8-13,15H2,1-4H3,(H,40,41)/t16?,17?,19-,20+,22-,29?/m1/s1. The Morgan fingerprint density at radius 1 is 1.19 bits per heavy atom. The van der Waals surface area contributed by atoms with Crippen LogP contribution in [0.1, 0.15) is 93.1 Å². The predicted octanol–water partition coefficient (Wildman–Crippen LogP) is 6.38. The van der Waals surface area contributed by atoms with Gasteiger partial charge in [-0.25, -0.2) is 0 Å². The highest BCUT2D eigenvalue weighted by Gasteiger charge is 2.63. The van der Waals surface area contributed by atoms with Crippen LogP contribution in [0.2, 0.25) is 5.02 Å². The Hall–Kier alpha value is -2.79. The van der Waals surface area contributed by atoms with Crippen molar-refractivity contribution in [3.05, 3.63) is 46.2 Å². The number of aliphatic carboxylic acids is 1. The van der Waals surface area contributed by atoms with Crippen LogP contribution >= 0.6 is 11.6 Å². The van der Waals surface area contributed by atoms with Gasteiger partial charge in [-0.2, -0.15) is 18.3 Å². The molecular weight excluding hydrogens is 575 g/mol. The zero-order valence-electron chi connectivity index (χ0n) is 24.1. The third-order valence-corrected chi connectivity index (χ3v) is 10.5. The average Bonchev–Trinajstić information content (AvgIpc) is 3.35. The number of ether oxygens (including phenoxy) is 1. The number of benzene rings is 1. The van der Waals surface area contributed by atoms with Gasteiger partial charge in [0.1, 0.15) is 11.9 Å². The summed E-state index contributed by atoms with van der Waals surface area (Å²) in [6.45, 7) is 5.63. The number of fused-ring (bicyclic) bond motifs is 1. The Kier molecular flexibility index (Phi) is 7.83. The molecule has 2 aromatic rings. The van der Waals surface area contributed by atoms with Crippen molar-refractivity contribution in [1.29, 1.82) is 0 Å². The Labute approximate surface area is 247 Å². The normalized spacial score (nSPS) is 29.1. The zero-order chi connectivity index (χ0) is 30.8. The van der Waals surface area contributed by atoms with Gasteiger partial charge in [0.15, 0.2) is 5.69 Å². The number of carbonyl (C=O) groups excluding carboxylic acids is 1. The van der Waals surface area contributed by atoms with E-state index in [-0.39, 0.29) is 54.3 Å². The Morgan fingerprint density at radius 2 is 1.81 bits per heavy atom. The second-order valence-electron chi connectivity index (χ2n) is 12.9.